The van der Waals surface area contributed by atoms with E-state index in [0.29, 0.717) is 10.1 Å². The summed E-state index contributed by atoms with van der Waals surface area (Å²) in [4.78, 5) is 30.5. The van der Waals surface area contributed by atoms with Crippen LogP contribution in [0.1, 0.15) is 18.1 Å². The molecular formula is C19H15F2N3O3. The van der Waals surface area contributed by atoms with Crippen LogP contribution in [0.3, 0.4) is 0 Å². The van der Waals surface area contributed by atoms with Crippen LogP contribution in [0.2, 0.25) is 0 Å². The van der Waals surface area contributed by atoms with Gasteiger partial charge in [0.1, 0.15) is 17.2 Å². The standard InChI is InChI=1S/C19H15F2N3O3/c1-11(22-10-12-6-8-13(20)9-7-12)16-17(25)23-19(27)24(18(16)26)15-5-3-2-4-14(15)21/h2-9,26H,10H2,1H3,(H,23,25,27). The van der Waals surface area contributed by atoms with E-state index in [-0.39, 0.29) is 29.3 Å². The van der Waals surface area contributed by atoms with Gasteiger partial charge in [0, 0.05) is 0 Å². The summed E-state index contributed by atoms with van der Waals surface area (Å²) in [6, 6.07) is 11.0. The molecule has 2 N–H and O–H groups in total. The van der Waals surface area contributed by atoms with Crippen molar-refractivity contribution in [2.75, 3.05) is 0 Å². The Morgan fingerprint density at radius 2 is 1.78 bits per heavy atom. The molecule has 8 heteroatoms. The van der Waals surface area contributed by atoms with Gasteiger partial charge in [-0.2, -0.15) is 0 Å². The van der Waals surface area contributed by atoms with E-state index in [2.05, 4.69) is 9.98 Å². The summed E-state index contributed by atoms with van der Waals surface area (Å²) >= 11 is 0. The third kappa shape index (κ3) is 3.69. The molecule has 138 valence electrons. The first-order valence-corrected chi connectivity index (χ1v) is 7.97. The SMILES string of the molecule is CC(=NCc1ccc(F)cc1)c1c(O)n(-c2ccccc2F)c(=O)[nH]c1=O. The third-order valence-electron chi connectivity index (χ3n) is 3.95. The molecule has 0 fully saturated rings. The van der Waals surface area contributed by atoms with Crippen molar-refractivity contribution in [3.8, 4) is 11.6 Å². The molecular weight excluding hydrogens is 356 g/mol. The molecule has 0 saturated carbocycles. The molecule has 3 aromatic rings. The van der Waals surface area contributed by atoms with Crippen molar-refractivity contribution in [2.45, 2.75) is 13.5 Å². The Hall–Kier alpha value is -3.55. The van der Waals surface area contributed by atoms with Crippen LogP contribution in [0.15, 0.2) is 63.1 Å². The number of nitrogens with one attached hydrogen (secondary N) is 1. The summed E-state index contributed by atoms with van der Waals surface area (Å²) < 4.78 is 27.7. The number of hydrogen-bond acceptors (Lipinski definition) is 4. The lowest BCUT2D eigenvalue weighted by Crippen LogP contribution is -2.33. The number of aromatic nitrogens is 2. The molecule has 0 aliphatic carbocycles. The van der Waals surface area contributed by atoms with Crippen LogP contribution in [0.4, 0.5) is 8.78 Å². The molecule has 0 aliphatic heterocycles. The maximum atomic E-state index is 14.0. The number of aromatic hydroxyl groups is 1. The summed E-state index contributed by atoms with van der Waals surface area (Å²) in [6.07, 6.45) is 0. The van der Waals surface area contributed by atoms with E-state index in [9.17, 15) is 23.5 Å². The molecule has 1 aromatic heterocycles. The second-order valence-electron chi connectivity index (χ2n) is 5.77. The van der Waals surface area contributed by atoms with E-state index in [4.69, 9.17) is 0 Å². The van der Waals surface area contributed by atoms with Gasteiger partial charge in [-0.25, -0.2) is 18.1 Å². The predicted molar refractivity (Wildman–Crippen MR) is 96.6 cm³/mol. The zero-order valence-corrected chi connectivity index (χ0v) is 14.2. The van der Waals surface area contributed by atoms with Gasteiger partial charge in [0.25, 0.3) is 5.56 Å². The normalized spacial score (nSPS) is 11.6. The largest absolute Gasteiger partial charge is 0.493 e. The van der Waals surface area contributed by atoms with Gasteiger partial charge in [-0.1, -0.05) is 24.3 Å². The van der Waals surface area contributed by atoms with E-state index < -0.39 is 22.9 Å². The lowest BCUT2D eigenvalue weighted by atomic mass is 10.2. The van der Waals surface area contributed by atoms with Crippen molar-refractivity contribution in [2.24, 2.45) is 4.99 Å². The van der Waals surface area contributed by atoms with Crippen LogP contribution in [0, 0.1) is 11.6 Å². The maximum absolute atomic E-state index is 14.0. The molecule has 0 unspecified atom stereocenters. The van der Waals surface area contributed by atoms with E-state index >= 15 is 0 Å². The Kier molecular flexibility index (Phi) is 4.98. The number of benzene rings is 2. The molecule has 0 spiro atoms. The van der Waals surface area contributed by atoms with Gasteiger partial charge in [-0.3, -0.25) is 14.8 Å². The van der Waals surface area contributed by atoms with Gasteiger partial charge in [0.15, 0.2) is 0 Å². The molecule has 2 aromatic carbocycles. The number of halogens is 2. The van der Waals surface area contributed by atoms with Crippen LogP contribution >= 0.6 is 0 Å². The second-order valence-corrected chi connectivity index (χ2v) is 5.77. The zero-order chi connectivity index (χ0) is 19.6. The fourth-order valence-corrected chi connectivity index (χ4v) is 2.59. The Morgan fingerprint density at radius 1 is 1.11 bits per heavy atom. The highest BCUT2D eigenvalue weighted by atomic mass is 19.1. The molecule has 0 atom stereocenters. The quantitative estimate of drug-likeness (QED) is 0.691. The minimum atomic E-state index is -0.974. The van der Waals surface area contributed by atoms with Gasteiger partial charge >= 0.3 is 5.69 Å². The first-order valence-electron chi connectivity index (χ1n) is 7.97. The molecule has 0 saturated heterocycles. The summed E-state index contributed by atoms with van der Waals surface area (Å²) in [7, 11) is 0. The highest BCUT2D eigenvalue weighted by Gasteiger charge is 2.19. The lowest BCUT2D eigenvalue weighted by Gasteiger charge is -2.12. The minimum Gasteiger partial charge on any atom is -0.493 e. The van der Waals surface area contributed by atoms with Crippen molar-refractivity contribution in [3.63, 3.8) is 0 Å². The maximum Gasteiger partial charge on any atom is 0.335 e. The van der Waals surface area contributed by atoms with Crippen LogP contribution in [-0.4, -0.2) is 20.4 Å². The molecule has 1 heterocycles. The van der Waals surface area contributed by atoms with Crippen molar-refractivity contribution in [3.05, 3.63) is 92.1 Å². The molecule has 3 rings (SSSR count). The average Bonchev–Trinajstić information content (AvgIpc) is 2.62. The Labute approximate surface area is 152 Å². The summed E-state index contributed by atoms with van der Waals surface area (Å²) in [5.41, 5.74) is -1.44. The molecule has 27 heavy (non-hydrogen) atoms. The smallest absolute Gasteiger partial charge is 0.335 e. The highest BCUT2D eigenvalue weighted by molar-refractivity contribution is 6.00. The van der Waals surface area contributed by atoms with Crippen LogP contribution in [0.25, 0.3) is 5.69 Å². The molecule has 0 radical (unpaired) electrons. The minimum absolute atomic E-state index is 0.129. The number of hydrogen-bond donors (Lipinski definition) is 2. The van der Waals surface area contributed by atoms with Crippen molar-refractivity contribution >= 4 is 5.71 Å². The topological polar surface area (TPSA) is 87.4 Å². The number of H-pyrrole nitrogens is 1. The predicted octanol–water partition coefficient (Wildman–Crippen LogP) is 2.52. The third-order valence-corrected chi connectivity index (χ3v) is 3.95. The monoisotopic (exact) mass is 371 g/mol. The zero-order valence-electron chi connectivity index (χ0n) is 14.2. The molecule has 6 nitrogen and oxygen atoms in total. The van der Waals surface area contributed by atoms with Crippen molar-refractivity contribution in [1.29, 1.82) is 0 Å². The summed E-state index contributed by atoms with van der Waals surface area (Å²) in [5, 5.41) is 10.5. The van der Waals surface area contributed by atoms with Crippen molar-refractivity contribution in [1.82, 2.24) is 9.55 Å². The number of para-hydroxylation sites is 1. The van der Waals surface area contributed by atoms with Gasteiger partial charge in [-0.15, -0.1) is 0 Å². The fraction of sp³-hybridized carbons (Fsp3) is 0.105. The summed E-state index contributed by atoms with van der Waals surface area (Å²) in [5.74, 6) is -1.84. The van der Waals surface area contributed by atoms with E-state index in [1.165, 1.54) is 49.4 Å². The first-order chi connectivity index (χ1) is 12.9. The van der Waals surface area contributed by atoms with Gasteiger partial charge in [0.05, 0.1) is 17.9 Å². The Bertz CT molecular complexity index is 1130. The Morgan fingerprint density at radius 3 is 2.44 bits per heavy atom. The lowest BCUT2D eigenvalue weighted by molar-refractivity contribution is 0.426. The van der Waals surface area contributed by atoms with Gasteiger partial charge < -0.3 is 5.11 Å². The van der Waals surface area contributed by atoms with E-state index in [1.807, 2.05) is 0 Å². The van der Waals surface area contributed by atoms with E-state index in [0.717, 1.165) is 6.07 Å². The Balaban J connectivity index is 2.08. The molecule has 0 bridgehead atoms. The van der Waals surface area contributed by atoms with Gasteiger partial charge in [-0.05, 0) is 36.8 Å². The number of rotatable bonds is 4. The number of aliphatic imine (C=N–C) groups is 1. The number of nitrogens with zero attached hydrogens (tertiary/aromatic N) is 2. The van der Waals surface area contributed by atoms with E-state index in [1.54, 1.807) is 0 Å². The number of aromatic amines is 1. The molecule has 0 aliphatic rings. The fourth-order valence-electron chi connectivity index (χ4n) is 2.59. The van der Waals surface area contributed by atoms with Crippen LogP contribution in [-0.2, 0) is 6.54 Å². The molecule has 0 amide bonds. The van der Waals surface area contributed by atoms with Crippen LogP contribution < -0.4 is 11.2 Å². The van der Waals surface area contributed by atoms with Gasteiger partial charge in [0.2, 0.25) is 5.88 Å². The average molecular weight is 371 g/mol. The van der Waals surface area contributed by atoms with Crippen LogP contribution in [0.5, 0.6) is 5.88 Å². The van der Waals surface area contributed by atoms with Crippen molar-refractivity contribution < 1.29 is 13.9 Å². The second kappa shape index (κ2) is 7.36. The highest BCUT2D eigenvalue weighted by Crippen LogP contribution is 2.19. The summed E-state index contributed by atoms with van der Waals surface area (Å²) in [6.45, 7) is 1.60. The first kappa shape index (κ1) is 18.2.